The summed E-state index contributed by atoms with van der Waals surface area (Å²) in [5.74, 6) is 1.14. The summed E-state index contributed by atoms with van der Waals surface area (Å²) in [4.78, 5) is 6.79. The zero-order chi connectivity index (χ0) is 13.7. The van der Waals surface area contributed by atoms with Gasteiger partial charge in [-0.25, -0.2) is 0 Å². The fourth-order valence-corrected chi connectivity index (χ4v) is 2.54. The Bertz CT molecular complexity index is 439. The Balaban J connectivity index is 0.00000200. The van der Waals surface area contributed by atoms with Crippen LogP contribution in [0.25, 0.3) is 0 Å². The van der Waals surface area contributed by atoms with Crippen molar-refractivity contribution in [2.24, 2.45) is 10.7 Å². The third-order valence-electron chi connectivity index (χ3n) is 3.82. The van der Waals surface area contributed by atoms with Crippen molar-refractivity contribution in [3.05, 3.63) is 35.4 Å². The number of nitrogens with two attached hydrogens (primary N) is 1. The molecule has 20 heavy (non-hydrogen) atoms. The van der Waals surface area contributed by atoms with Crippen LogP contribution in [-0.4, -0.2) is 30.5 Å². The summed E-state index contributed by atoms with van der Waals surface area (Å²) >= 11 is 0. The molecule has 1 aromatic rings. The Morgan fingerprint density at radius 1 is 1.30 bits per heavy atom. The molecular formula is C16H26IN3. The van der Waals surface area contributed by atoms with E-state index in [4.69, 9.17) is 5.73 Å². The van der Waals surface area contributed by atoms with E-state index in [9.17, 15) is 0 Å². The van der Waals surface area contributed by atoms with Crippen LogP contribution >= 0.6 is 24.0 Å². The minimum Gasteiger partial charge on any atom is -0.370 e. The third-order valence-corrected chi connectivity index (χ3v) is 3.82. The SMILES string of the molecule is Cc1cccc(C(C)CN=C(N)N2CCCCC2)c1.I. The second-order valence-corrected chi connectivity index (χ2v) is 5.56. The summed E-state index contributed by atoms with van der Waals surface area (Å²) in [6.07, 6.45) is 3.80. The van der Waals surface area contributed by atoms with Gasteiger partial charge in [-0.1, -0.05) is 36.8 Å². The van der Waals surface area contributed by atoms with Gasteiger partial charge in [-0.15, -0.1) is 24.0 Å². The van der Waals surface area contributed by atoms with Gasteiger partial charge in [-0.3, -0.25) is 4.99 Å². The molecule has 1 fully saturated rings. The molecule has 0 saturated carbocycles. The molecule has 0 radical (unpaired) electrons. The molecule has 1 aliphatic rings. The Morgan fingerprint density at radius 3 is 2.65 bits per heavy atom. The highest BCUT2D eigenvalue weighted by Gasteiger charge is 2.12. The topological polar surface area (TPSA) is 41.6 Å². The molecule has 1 aromatic carbocycles. The highest BCUT2D eigenvalue weighted by molar-refractivity contribution is 14.0. The summed E-state index contributed by atoms with van der Waals surface area (Å²) < 4.78 is 0. The second kappa shape index (κ2) is 8.49. The maximum atomic E-state index is 6.08. The Morgan fingerprint density at radius 2 is 2.00 bits per heavy atom. The largest absolute Gasteiger partial charge is 0.370 e. The first kappa shape index (κ1) is 17.3. The van der Waals surface area contributed by atoms with Crippen LogP contribution in [0, 0.1) is 6.92 Å². The smallest absolute Gasteiger partial charge is 0.191 e. The van der Waals surface area contributed by atoms with Gasteiger partial charge < -0.3 is 10.6 Å². The molecule has 2 rings (SSSR count). The standard InChI is InChI=1S/C16H25N3.HI/c1-13-7-6-8-15(11-13)14(2)12-18-16(17)19-9-4-3-5-10-19;/h6-8,11,14H,3-5,9-10,12H2,1-2H3,(H2,17,18);1H. The van der Waals surface area contributed by atoms with Crippen LogP contribution in [0.4, 0.5) is 0 Å². The zero-order valence-electron chi connectivity index (χ0n) is 12.5. The first-order valence-electron chi connectivity index (χ1n) is 7.28. The molecule has 2 N–H and O–H groups in total. The minimum atomic E-state index is 0. The van der Waals surface area contributed by atoms with Crippen LogP contribution in [-0.2, 0) is 0 Å². The number of aryl methyl sites for hydroxylation is 1. The van der Waals surface area contributed by atoms with Gasteiger partial charge in [0.05, 0.1) is 0 Å². The van der Waals surface area contributed by atoms with Crippen LogP contribution in [0.2, 0.25) is 0 Å². The van der Waals surface area contributed by atoms with E-state index >= 15 is 0 Å². The first-order valence-corrected chi connectivity index (χ1v) is 7.28. The van der Waals surface area contributed by atoms with Gasteiger partial charge in [0.1, 0.15) is 0 Å². The van der Waals surface area contributed by atoms with Crippen LogP contribution in [0.1, 0.15) is 43.2 Å². The zero-order valence-corrected chi connectivity index (χ0v) is 14.8. The number of benzene rings is 1. The van der Waals surface area contributed by atoms with Gasteiger partial charge in [0.2, 0.25) is 0 Å². The molecule has 112 valence electrons. The molecule has 0 aromatic heterocycles. The predicted molar refractivity (Wildman–Crippen MR) is 96.9 cm³/mol. The lowest BCUT2D eigenvalue weighted by Crippen LogP contribution is -2.41. The number of hydrogen-bond acceptors (Lipinski definition) is 1. The molecule has 3 nitrogen and oxygen atoms in total. The number of guanidine groups is 1. The predicted octanol–water partition coefficient (Wildman–Crippen LogP) is 3.52. The van der Waals surface area contributed by atoms with Crippen molar-refractivity contribution in [2.75, 3.05) is 19.6 Å². The summed E-state index contributed by atoms with van der Waals surface area (Å²) in [5, 5.41) is 0. The first-order chi connectivity index (χ1) is 9.16. The van der Waals surface area contributed by atoms with Gasteiger partial charge in [0.15, 0.2) is 5.96 Å². The van der Waals surface area contributed by atoms with Crippen molar-refractivity contribution in [2.45, 2.75) is 39.0 Å². The van der Waals surface area contributed by atoms with Crippen LogP contribution in [0.5, 0.6) is 0 Å². The Kier molecular flexibility index (Phi) is 7.34. The quantitative estimate of drug-likeness (QED) is 0.490. The van der Waals surface area contributed by atoms with Gasteiger partial charge in [-0.2, -0.15) is 0 Å². The molecule has 0 amide bonds. The monoisotopic (exact) mass is 387 g/mol. The molecule has 0 aliphatic carbocycles. The summed E-state index contributed by atoms with van der Waals surface area (Å²) in [7, 11) is 0. The van der Waals surface area contributed by atoms with E-state index in [1.807, 2.05) is 0 Å². The van der Waals surface area contributed by atoms with E-state index in [1.165, 1.54) is 30.4 Å². The lowest BCUT2D eigenvalue weighted by molar-refractivity contribution is 0.338. The van der Waals surface area contributed by atoms with E-state index < -0.39 is 0 Å². The molecule has 1 heterocycles. The molecule has 4 heteroatoms. The van der Waals surface area contributed by atoms with Gasteiger partial charge >= 0.3 is 0 Å². The average molecular weight is 387 g/mol. The van der Waals surface area contributed by atoms with E-state index in [1.54, 1.807) is 0 Å². The number of piperidine rings is 1. The molecule has 0 bridgehead atoms. The lowest BCUT2D eigenvalue weighted by atomic mass is 10.00. The molecular weight excluding hydrogens is 361 g/mol. The average Bonchev–Trinajstić information content (AvgIpc) is 2.45. The highest BCUT2D eigenvalue weighted by Crippen LogP contribution is 2.17. The lowest BCUT2D eigenvalue weighted by Gasteiger charge is -2.27. The summed E-state index contributed by atoms with van der Waals surface area (Å²) in [5.41, 5.74) is 8.73. The number of nitrogens with zero attached hydrogens (tertiary/aromatic N) is 2. The highest BCUT2D eigenvalue weighted by atomic mass is 127. The molecule has 1 unspecified atom stereocenters. The normalized spacial score (nSPS) is 17.5. The maximum absolute atomic E-state index is 6.08. The van der Waals surface area contributed by atoms with Crippen LogP contribution in [0.15, 0.2) is 29.3 Å². The van der Waals surface area contributed by atoms with Crippen molar-refractivity contribution in [3.63, 3.8) is 0 Å². The molecule has 0 spiro atoms. The van der Waals surface area contributed by atoms with Gasteiger partial charge in [-0.05, 0) is 31.7 Å². The number of likely N-dealkylation sites (tertiary alicyclic amines) is 1. The second-order valence-electron chi connectivity index (χ2n) is 5.56. The number of aliphatic imine (C=N–C) groups is 1. The van der Waals surface area contributed by atoms with Crippen LogP contribution in [0.3, 0.4) is 0 Å². The maximum Gasteiger partial charge on any atom is 0.191 e. The molecule has 1 atom stereocenters. The fourth-order valence-electron chi connectivity index (χ4n) is 2.54. The van der Waals surface area contributed by atoms with Gasteiger partial charge in [0, 0.05) is 25.6 Å². The Hall–Kier alpha value is -0.780. The van der Waals surface area contributed by atoms with Crippen molar-refractivity contribution < 1.29 is 0 Å². The van der Waals surface area contributed by atoms with E-state index in [0.29, 0.717) is 5.92 Å². The number of halogens is 1. The van der Waals surface area contributed by atoms with Crippen molar-refractivity contribution in [1.82, 2.24) is 4.90 Å². The number of hydrogen-bond donors (Lipinski definition) is 1. The van der Waals surface area contributed by atoms with E-state index in [2.05, 4.69) is 48.0 Å². The molecule has 1 aliphatic heterocycles. The van der Waals surface area contributed by atoms with Crippen molar-refractivity contribution >= 4 is 29.9 Å². The van der Waals surface area contributed by atoms with E-state index in [0.717, 1.165) is 25.6 Å². The summed E-state index contributed by atoms with van der Waals surface area (Å²) in [6.45, 7) is 7.23. The fraction of sp³-hybridized carbons (Fsp3) is 0.562. The third kappa shape index (κ3) is 4.96. The minimum absolute atomic E-state index is 0. The van der Waals surface area contributed by atoms with Crippen LogP contribution < -0.4 is 5.73 Å². The number of rotatable bonds is 3. The molecule has 1 saturated heterocycles. The van der Waals surface area contributed by atoms with Crippen molar-refractivity contribution in [3.8, 4) is 0 Å². The van der Waals surface area contributed by atoms with E-state index in [-0.39, 0.29) is 24.0 Å². The van der Waals surface area contributed by atoms with Crippen molar-refractivity contribution in [1.29, 1.82) is 0 Å². The van der Waals surface area contributed by atoms with Gasteiger partial charge in [0.25, 0.3) is 0 Å². The Labute approximate surface area is 139 Å². The summed E-state index contributed by atoms with van der Waals surface area (Å²) in [6, 6.07) is 8.64.